The van der Waals surface area contributed by atoms with Crippen molar-refractivity contribution in [1.82, 2.24) is 0 Å². The predicted octanol–water partition coefficient (Wildman–Crippen LogP) is 8.08. The van der Waals surface area contributed by atoms with Crippen LogP contribution >= 0.6 is 69.6 Å². The van der Waals surface area contributed by atoms with Crippen molar-refractivity contribution < 1.29 is 34.3 Å². The highest BCUT2D eigenvalue weighted by Crippen LogP contribution is 2.31. The Kier molecular flexibility index (Phi) is 21.2. The van der Waals surface area contributed by atoms with Gasteiger partial charge in [0.25, 0.3) is 0 Å². The van der Waals surface area contributed by atoms with Crippen LogP contribution in [0.1, 0.15) is 96.8 Å². The zero-order chi connectivity index (χ0) is 29.4. The predicted molar refractivity (Wildman–Crippen MR) is 157 cm³/mol. The topological polar surface area (TPSA) is 127 Å². The lowest BCUT2D eigenvalue weighted by Crippen LogP contribution is -2.41. The van der Waals surface area contributed by atoms with Gasteiger partial charge in [-0.15, -0.1) is 46.4 Å². The lowest BCUT2D eigenvalue weighted by atomic mass is 10.00. The number of halogens is 6. The lowest BCUT2D eigenvalue weighted by molar-refractivity contribution is 0.165. The molecule has 0 aromatic rings. The molecule has 0 aromatic carbocycles. The van der Waals surface area contributed by atoms with E-state index in [9.17, 15) is 21.4 Å². The van der Waals surface area contributed by atoms with E-state index in [1.165, 1.54) is 0 Å². The molecule has 0 saturated carbocycles. The smallest absolute Gasteiger partial charge is 0.264 e. The van der Waals surface area contributed by atoms with Crippen LogP contribution in [-0.2, 0) is 29.2 Å². The van der Waals surface area contributed by atoms with Crippen molar-refractivity contribution in [2.45, 2.75) is 129 Å². The SMILES string of the molecule is CCCCCC[C@@H](Cl)[C@@H](Cl)[C@H](OS(=O)(=O)O)[C@H](Cl)C[C@@H](Cl)CCCCCCCCC(Cl)(Cl)COS(=O)(=O)O. The molecule has 230 valence electrons. The standard InChI is InChI=1S/C22H40Cl6O8S2/c1-2-3-4-10-13-18(24)20(26)21(36-38(32,33)34)19(25)15-17(23)12-9-7-5-6-8-11-14-22(27,28)16-35-37(29,30)31/h17-21H,2-16H2,1H3,(H,29,30,31)(H,32,33,34)/t17-,18+,19+,20+,21+/m0/s1. The molecule has 5 atom stereocenters. The number of alkyl halides is 6. The molecule has 0 amide bonds. The third-order valence-electron chi connectivity index (χ3n) is 5.79. The highest BCUT2D eigenvalue weighted by Gasteiger charge is 2.37. The molecule has 0 spiro atoms. The van der Waals surface area contributed by atoms with Gasteiger partial charge in [0.05, 0.1) is 16.1 Å². The molecule has 0 aliphatic carbocycles. The third kappa shape index (κ3) is 22.1. The van der Waals surface area contributed by atoms with Crippen molar-refractivity contribution in [1.29, 1.82) is 0 Å². The van der Waals surface area contributed by atoms with Crippen molar-refractivity contribution in [3.05, 3.63) is 0 Å². The molecule has 0 heterocycles. The van der Waals surface area contributed by atoms with Gasteiger partial charge in [-0.25, -0.2) is 8.37 Å². The first-order chi connectivity index (χ1) is 17.5. The Morgan fingerprint density at radius 3 is 1.82 bits per heavy atom. The Labute approximate surface area is 258 Å². The summed E-state index contributed by atoms with van der Waals surface area (Å²) < 4.78 is 69.4. The zero-order valence-electron chi connectivity index (χ0n) is 21.4. The van der Waals surface area contributed by atoms with Gasteiger partial charge >= 0.3 is 20.8 Å². The fraction of sp³-hybridized carbons (Fsp3) is 1.00. The van der Waals surface area contributed by atoms with E-state index >= 15 is 0 Å². The van der Waals surface area contributed by atoms with Gasteiger partial charge in [-0.1, -0.05) is 94.3 Å². The lowest BCUT2D eigenvalue weighted by Gasteiger charge is -2.29. The van der Waals surface area contributed by atoms with Crippen LogP contribution in [0, 0.1) is 0 Å². The molecular formula is C22H40Cl6O8S2. The molecule has 0 saturated heterocycles. The molecule has 0 radical (unpaired) electrons. The number of hydrogen-bond acceptors (Lipinski definition) is 6. The fourth-order valence-corrected chi connectivity index (χ4v) is 6.87. The van der Waals surface area contributed by atoms with E-state index < -0.39 is 54.0 Å². The second-order valence-electron chi connectivity index (χ2n) is 9.35. The molecule has 0 fully saturated rings. The van der Waals surface area contributed by atoms with Crippen molar-refractivity contribution in [2.75, 3.05) is 6.61 Å². The summed E-state index contributed by atoms with van der Waals surface area (Å²) in [6, 6.07) is 0. The summed E-state index contributed by atoms with van der Waals surface area (Å²) in [5.74, 6) is 0. The van der Waals surface area contributed by atoms with Crippen LogP contribution in [0.2, 0.25) is 0 Å². The Bertz CT molecular complexity index is 832. The molecule has 0 unspecified atom stereocenters. The Morgan fingerprint density at radius 1 is 0.737 bits per heavy atom. The maximum Gasteiger partial charge on any atom is 0.397 e. The molecule has 8 nitrogen and oxygen atoms in total. The maximum absolute atomic E-state index is 11.4. The summed E-state index contributed by atoms with van der Waals surface area (Å²) in [5, 5.41) is -2.77. The first-order valence-electron chi connectivity index (χ1n) is 12.7. The van der Waals surface area contributed by atoms with Crippen molar-refractivity contribution >= 4 is 90.4 Å². The first-order valence-corrected chi connectivity index (χ1v) is 17.9. The molecule has 0 aromatic heterocycles. The van der Waals surface area contributed by atoms with Crippen LogP contribution in [0.15, 0.2) is 0 Å². The minimum absolute atomic E-state index is 0.213. The van der Waals surface area contributed by atoms with Gasteiger partial charge < -0.3 is 0 Å². The van der Waals surface area contributed by atoms with E-state index in [2.05, 4.69) is 11.1 Å². The van der Waals surface area contributed by atoms with E-state index in [-0.39, 0.29) is 11.8 Å². The molecule has 0 bridgehead atoms. The van der Waals surface area contributed by atoms with Crippen LogP contribution in [-0.4, -0.2) is 64.5 Å². The van der Waals surface area contributed by atoms with E-state index in [4.69, 9.17) is 78.3 Å². The fourth-order valence-electron chi connectivity index (χ4n) is 3.77. The largest absolute Gasteiger partial charge is 0.397 e. The molecular weight excluding hydrogens is 669 g/mol. The molecule has 0 rings (SSSR count). The average molecular weight is 709 g/mol. The van der Waals surface area contributed by atoms with Gasteiger partial charge in [0.1, 0.15) is 17.0 Å². The minimum Gasteiger partial charge on any atom is -0.264 e. The second-order valence-corrected chi connectivity index (χ2v) is 15.4. The number of rotatable bonds is 24. The number of hydrogen-bond donors (Lipinski definition) is 2. The van der Waals surface area contributed by atoms with Gasteiger partial charge in [0.15, 0.2) is 0 Å². The van der Waals surface area contributed by atoms with E-state index in [1.54, 1.807) is 0 Å². The normalized spacial score (nSPS) is 17.2. The zero-order valence-corrected chi connectivity index (χ0v) is 27.6. The van der Waals surface area contributed by atoms with Crippen LogP contribution in [0.4, 0.5) is 0 Å². The van der Waals surface area contributed by atoms with E-state index in [1.807, 2.05) is 0 Å². The summed E-state index contributed by atoms with van der Waals surface area (Å²) in [6.07, 6.45) is 9.45. The summed E-state index contributed by atoms with van der Waals surface area (Å²) >= 11 is 37.7. The minimum atomic E-state index is -4.80. The quantitative estimate of drug-likeness (QED) is 0.0586. The third-order valence-corrected chi connectivity index (χ3v) is 9.26. The molecule has 16 heteroatoms. The highest BCUT2D eigenvalue weighted by atomic mass is 35.5. The first kappa shape index (κ1) is 39.5. The van der Waals surface area contributed by atoms with Gasteiger partial charge in [-0.3, -0.25) is 9.11 Å². The monoisotopic (exact) mass is 706 g/mol. The van der Waals surface area contributed by atoms with Crippen molar-refractivity contribution in [3.63, 3.8) is 0 Å². The van der Waals surface area contributed by atoms with E-state index in [0.717, 1.165) is 57.8 Å². The van der Waals surface area contributed by atoms with Crippen molar-refractivity contribution in [3.8, 4) is 0 Å². The molecule has 2 N–H and O–H groups in total. The van der Waals surface area contributed by atoms with Crippen molar-refractivity contribution in [2.24, 2.45) is 0 Å². The molecule has 38 heavy (non-hydrogen) atoms. The van der Waals surface area contributed by atoms with Crippen LogP contribution in [0.3, 0.4) is 0 Å². The summed E-state index contributed by atoms with van der Waals surface area (Å²) in [7, 11) is -9.38. The Balaban J connectivity index is 4.39. The van der Waals surface area contributed by atoms with Gasteiger partial charge in [0, 0.05) is 5.38 Å². The van der Waals surface area contributed by atoms with Crippen LogP contribution in [0.25, 0.3) is 0 Å². The average Bonchev–Trinajstić information content (AvgIpc) is 2.79. The maximum atomic E-state index is 11.4. The van der Waals surface area contributed by atoms with Gasteiger partial charge in [-0.05, 0) is 25.7 Å². The van der Waals surface area contributed by atoms with E-state index in [0.29, 0.717) is 25.7 Å². The van der Waals surface area contributed by atoms with Gasteiger partial charge in [0.2, 0.25) is 0 Å². The Morgan fingerprint density at radius 2 is 1.26 bits per heavy atom. The van der Waals surface area contributed by atoms with Crippen LogP contribution in [0.5, 0.6) is 0 Å². The highest BCUT2D eigenvalue weighted by molar-refractivity contribution is 7.81. The Hall–Kier alpha value is 1.48. The summed E-state index contributed by atoms with van der Waals surface area (Å²) in [6.45, 7) is 1.56. The molecule has 0 aliphatic heterocycles. The number of unbranched alkanes of at least 4 members (excludes halogenated alkanes) is 8. The molecule has 0 aliphatic rings. The van der Waals surface area contributed by atoms with Gasteiger partial charge in [-0.2, -0.15) is 16.8 Å². The van der Waals surface area contributed by atoms with Crippen LogP contribution < -0.4 is 0 Å². The summed E-state index contributed by atoms with van der Waals surface area (Å²) in [5.41, 5.74) is 0. The summed E-state index contributed by atoms with van der Waals surface area (Å²) in [4.78, 5) is 0. The second kappa shape index (κ2) is 20.4.